The van der Waals surface area contributed by atoms with E-state index >= 15 is 0 Å². The third kappa shape index (κ3) is 2.92. The Labute approximate surface area is 130 Å². The van der Waals surface area contributed by atoms with Crippen LogP contribution in [-0.2, 0) is 14.8 Å². The van der Waals surface area contributed by atoms with Crippen molar-refractivity contribution in [3.8, 4) is 0 Å². The van der Waals surface area contributed by atoms with Crippen LogP contribution >= 0.6 is 35.0 Å². The largest absolute Gasteiger partial charge is 0.480 e. The molecule has 9 heteroatoms. The van der Waals surface area contributed by atoms with Crippen molar-refractivity contribution in [2.24, 2.45) is 0 Å². The van der Waals surface area contributed by atoms with Gasteiger partial charge in [0.25, 0.3) is 0 Å². The van der Waals surface area contributed by atoms with Gasteiger partial charge in [0.1, 0.15) is 10.9 Å². The highest BCUT2D eigenvalue weighted by Gasteiger charge is 2.39. The number of benzene rings is 1. The van der Waals surface area contributed by atoms with Crippen LogP contribution in [0.4, 0.5) is 0 Å². The molecular formula is C11H11Cl2NO4S2. The zero-order valence-corrected chi connectivity index (χ0v) is 13.3. The highest BCUT2D eigenvalue weighted by Crippen LogP contribution is 2.33. The lowest BCUT2D eigenvalue weighted by Crippen LogP contribution is -2.50. The lowest BCUT2D eigenvalue weighted by Gasteiger charge is -2.31. The molecule has 0 radical (unpaired) electrons. The monoisotopic (exact) mass is 355 g/mol. The fraction of sp³-hybridized carbons (Fsp3) is 0.364. The van der Waals surface area contributed by atoms with E-state index in [1.807, 2.05) is 0 Å². The first-order chi connectivity index (χ1) is 9.35. The summed E-state index contributed by atoms with van der Waals surface area (Å²) in [5, 5.41) is 9.19. The van der Waals surface area contributed by atoms with Crippen LogP contribution in [0.2, 0.25) is 10.0 Å². The van der Waals surface area contributed by atoms with Gasteiger partial charge < -0.3 is 5.11 Å². The first-order valence-corrected chi connectivity index (χ1v) is 8.97. The van der Waals surface area contributed by atoms with Crippen LogP contribution in [0.1, 0.15) is 0 Å². The Hall–Kier alpha value is -0.470. The van der Waals surface area contributed by atoms with Gasteiger partial charge in [-0.3, -0.25) is 4.79 Å². The second-order valence-electron chi connectivity index (χ2n) is 4.10. The first kappa shape index (κ1) is 15.9. The molecule has 0 aliphatic carbocycles. The number of carboxylic acid groups (broad SMARTS) is 1. The number of carbonyl (C=O) groups is 1. The van der Waals surface area contributed by atoms with E-state index in [9.17, 15) is 13.2 Å². The summed E-state index contributed by atoms with van der Waals surface area (Å²) in [6.07, 6.45) is 0. The van der Waals surface area contributed by atoms with Crippen molar-refractivity contribution >= 4 is 51.0 Å². The van der Waals surface area contributed by atoms with Gasteiger partial charge in [0.05, 0.1) is 10.0 Å². The molecule has 1 aromatic rings. The number of halogens is 2. The van der Waals surface area contributed by atoms with E-state index in [-0.39, 0.29) is 27.2 Å². The predicted octanol–water partition coefficient (Wildman–Crippen LogP) is 2.18. The molecule has 2 rings (SSSR count). The normalized spacial score (nSPS) is 20.8. The van der Waals surface area contributed by atoms with Crippen molar-refractivity contribution in [3.63, 3.8) is 0 Å². The molecule has 0 aromatic heterocycles. The van der Waals surface area contributed by atoms with Gasteiger partial charge in [0, 0.05) is 18.1 Å². The van der Waals surface area contributed by atoms with Crippen molar-refractivity contribution < 1.29 is 18.3 Å². The summed E-state index contributed by atoms with van der Waals surface area (Å²) < 4.78 is 26.1. The SMILES string of the molecule is O=C(O)C1CSCCN1S(=O)(=O)c1cccc(Cl)c1Cl. The van der Waals surface area contributed by atoms with E-state index in [0.29, 0.717) is 5.75 Å². The molecule has 0 amide bonds. The molecule has 1 unspecified atom stereocenters. The number of aliphatic carboxylic acids is 1. The maximum atomic E-state index is 12.6. The number of sulfonamides is 1. The Balaban J connectivity index is 2.48. The Bertz CT molecular complexity index is 635. The van der Waals surface area contributed by atoms with E-state index in [4.69, 9.17) is 28.3 Å². The molecule has 1 aromatic carbocycles. The number of hydrogen-bond donors (Lipinski definition) is 1. The molecule has 1 N–H and O–H groups in total. The number of hydrogen-bond acceptors (Lipinski definition) is 4. The van der Waals surface area contributed by atoms with Crippen LogP contribution < -0.4 is 0 Å². The third-order valence-electron chi connectivity index (χ3n) is 2.87. The highest BCUT2D eigenvalue weighted by atomic mass is 35.5. The summed E-state index contributed by atoms with van der Waals surface area (Å²) in [6.45, 7) is 0.132. The average Bonchev–Trinajstić information content (AvgIpc) is 2.41. The minimum Gasteiger partial charge on any atom is -0.480 e. The second-order valence-corrected chi connectivity index (χ2v) is 7.89. The molecule has 0 spiro atoms. The van der Waals surface area contributed by atoms with E-state index in [1.165, 1.54) is 30.0 Å². The molecule has 1 heterocycles. The average molecular weight is 356 g/mol. The smallest absolute Gasteiger partial charge is 0.322 e. The lowest BCUT2D eigenvalue weighted by molar-refractivity contribution is -0.140. The number of nitrogens with zero attached hydrogens (tertiary/aromatic N) is 1. The fourth-order valence-electron chi connectivity index (χ4n) is 1.88. The van der Waals surface area contributed by atoms with Crippen molar-refractivity contribution in [1.29, 1.82) is 0 Å². The van der Waals surface area contributed by atoms with Crippen LogP contribution in [0.3, 0.4) is 0 Å². The lowest BCUT2D eigenvalue weighted by atomic mass is 10.3. The summed E-state index contributed by atoms with van der Waals surface area (Å²) in [5.41, 5.74) is 0. The quantitative estimate of drug-likeness (QED) is 0.899. The standard InChI is InChI=1S/C11H11Cl2NO4S2/c12-7-2-1-3-9(10(7)13)20(17,18)14-4-5-19-6-8(14)11(15)16/h1-3,8H,4-6H2,(H,15,16). The highest BCUT2D eigenvalue weighted by molar-refractivity contribution is 7.99. The summed E-state index contributed by atoms with van der Waals surface area (Å²) in [6, 6.07) is 3.18. The minimum absolute atomic E-state index is 0.0865. The first-order valence-electron chi connectivity index (χ1n) is 5.62. The summed E-state index contributed by atoms with van der Waals surface area (Å²) in [7, 11) is -3.99. The summed E-state index contributed by atoms with van der Waals surface area (Å²) >= 11 is 13.2. The molecule has 0 saturated carbocycles. The molecule has 5 nitrogen and oxygen atoms in total. The molecular weight excluding hydrogens is 345 g/mol. The van der Waals surface area contributed by atoms with Crippen LogP contribution in [0.5, 0.6) is 0 Å². The molecule has 1 aliphatic heterocycles. The van der Waals surface area contributed by atoms with Crippen molar-refractivity contribution in [2.45, 2.75) is 10.9 Å². The van der Waals surface area contributed by atoms with Gasteiger partial charge in [-0.2, -0.15) is 16.1 Å². The number of thioether (sulfide) groups is 1. The van der Waals surface area contributed by atoms with Crippen LogP contribution in [-0.4, -0.2) is 47.9 Å². The van der Waals surface area contributed by atoms with E-state index in [0.717, 1.165) is 4.31 Å². The van der Waals surface area contributed by atoms with E-state index < -0.39 is 22.0 Å². The summed E-state index contributed by atoms with van der Waals surface area (Å²) in [4.78, 5) is 11.1. The zero-order valence-electron chi connectivity index (χ0n) is 10.1. The molecule has 1 atom stereocenters. The van der Waals surface area contributed by atoms with Gasteiger partial charge in [-0.1, -0.05) is 29.3 Å². The maximum Gasteiger partial charge on any atom is 0.322 e. The van der Waals surface area contributed by atoms with Gasteiger partial charge in [-0.25, -0.2) is 8.42 Å². The Morgan fingerprint density at radius 2 is 2.10 bits per heavy atom. The molecule has 1 fully saturated rings. The molecule has 110 valence electrons. The fourth-order valence-corrected chi connectivity index (χ4v) is 5.45. The van der Waals surface area contributed by atoms with Gasteiger partial charge in [0.15, 0.2) is 0 Å². The minimum atomic E-state index is -3.99. The van der Waals surface area contributed by atoms with Crippen LogP contribution in [0.25, 0.3) is 0 Å². The Morgan fingerprint density at radius 1 is 1.40 bits per heavy atom. The van der Waals surface area contributed by atoms with Crippen molar-refractivity contribution in [2.75, 3.05) is 18.1 Å². The predicted molar refractivity (Wildman–Crippen MR) is 79.1 cm³/mol. The second kappa shape index (κ2) is 6.11. The molecule has 1 saturated heterocycles. The van der Waals surface area contributed by atoms with Crippen LogP contribution in [0.15, 0.2) is 23.1 Å². The Kier molecular flexibility index (Phi) is 4.86. The van der Waals surface area contributed by atoms with Crippen LogP contribution in [0, 0.1) is 0 Å². The topological polar surface area (TPSA) is 74.7 Å². The third-order valence-corrected chi connectivity index (χ3v) is 6.77. The van der Waals surface area contributed by atoms with Crippen molar-refractivity contribution in [3.05, 3.63) is 28.2 Å². The Morgan fingerprint density at radius 3 is 2.75 bits per heavy atom. The van der Waals surface area contributed by atoms with Crippen molar-refractivity contribution in [1.82, 2.24) is 4.31 Å². The van der Waals surface area contributed by atoms with Gasteiger partial charge >= 0.3 is 5.97 Å². The molecule has 0 bridgehead atoms. The van der Waals surface area contributed by atoms with E-state index in [2.05, 4.69) is 0 Å². The van der Waals surface area contributed by atoms with Gasteiger partial charge in [0.2, 0.25) is 10.0 Å². The van der Waals surface area contributed by atoms with Gasteiger partial charge in [-0.15, -0.1) is 0 Å². The number of carboxylic acids is 1. The van der Waals surface area contributed by atoms with Gasteiger partial charge in [-0.05, 0) is 12.1 Å². The summed E-state index contributed by atoms with van der Waals surface area (Å²) in [5.74, 6) is -0.410. The van der Waals surface area contributed by atoms with E-state index in [1.54, 1.807) is 0 Å². The number of rotatable bonds is 3. The molecule has 20 heavy (non-hydrogen) atoms. The zero-order chi connectivity index (χ0) is 14.9. The molecule has 1 aliphatic rings. The maximum absolute atomic E-state index is 12.6.